The highest BCUT2D eigenvalue weighted by molar-refractivity contribution is 5.89. The highest BCUT2D eigenvalue weighted by Crippen LogP contribution is 2.31. The molecule has 0 amide bonds. The minimum atomic E-state index is -5.09. The number of nitrogens with zero attached hydrogens (tertiary/aromatic N) is 4. The average Bonchev–Trinajstić information content (AvgIpc) is 2.79. The second-order valence-corrected chi connectivity index (χ2v) is 6.85. The fourth-order valence-corrected chi connectivity index (χ4v) is 2.99. The zero-order valence-electron chi connectivity index (χ0n) is 16.8. The summed E-state index contributed by atoms with van der Waals surface area (Å²) in [4.78, 5) is 13.0. The Morgan fingerprint density at radius 3 is 2.26 bits per heavy atom. The number of anilines is 1. The molecule has 13 heteroatoms. The summed E-state index contributed by atoms with van der Waals surface area (Å²) in [7, 11) is 0. The third-order valence-electron chi connectivity index (χ3n) is 4.57. The first-order valence-corrected chi connectivity index (χ1v) is 9.53. The van der Waals surface area contributed by atoms with Crippen molar-refractivity contribution in [2.45, 2.75) is 12.6 Å². The second-order valence-electron chi connectivity index (χ2n) is 6.85. The molecule has 6 nitrogen and oxygen atoms in total. The number of hydrogen-bond acceptors (Lipinski definition) is 6. The predicted octanol–water partition coefficient (Wildman–Crippen LogP) is 5.44. The van der Waals surface area contributed by atoms with Crippen molar-refractivity contribution in [2.24, 2.45) is 0 Å². The smallest absolute Gasteiger partial charge is 0.436 e. The third kappa shape index (κ3) is 4.82. The third-order valence-corrected chi connectivity index (χ3v) is 4.57. The largest absolute Gasteiger partial charge is 0.451 e. The number of benzene rings is 2. The van der Waals surface area contributed by atoms with E-state index in [2.05, 4.69) is 25.3 Å². The Balaban J connectivity index is 1.44. The van der Waals surface area contributed by atoms with Crippen molar-refractivity contribution in [1.29, 1.82) is 0 Å². The molecule has 2 heterocycles. The Morgan fingerprint density at radius 2 is 1.56 bits per heavy atom. The molecule has 0 saturated heterocycles. The molecule has 0 bridgehead atoms. The van der Waals surface area contributed by atoms with Crippen molar-refractivity contribution < 1.29 is 35.5 Å². The summed E-state index contributed by atoms with van der Waals surface area (Å²) >= 11 is 0. The van der Waals surface area contributed by atoms with Crippen LogP contribution in [0.3, 0.4) is 0 Å². The highest BCUT2D eigenvalue weighted by atomic mass is 19.4. The van der Waals surface area contributed by atoms with Crippen LogP contribution in [0.25, 0.3) is 10.9 Å². The molecule has 4 aromatic rings. The lowest BCUT2D eigenvalue weighted by molar-refractivity contribution is -0.145. The van der Waals surface area contributed by atoms with E-state index < -0.39 is 41.3 Å². The van der Waals surface area contributed by atoms with Gasteiger partial charge in [0, 0.05) is 6.54 Å². The van der Waals surface area contributed by atoms with Gasteiger partial charge in [-0.2, -0.15) is 31.9 Å². The minimum Gasteiger partial charge on any atom is -0.436 e. The Bertz CT molecular complexity index is 1350. The van der Waals surface area contributed by atoms with E-state index in [4.69, 9.17) is 4.74 Å². The van der Waals surface area contributed by atoms with Crippen LogP contribution in [0.15, 0.2) is 42.7 Å². The summed E-state index contributed by atoms with van der Waals surface area (Å²) in [6.45, 7) is 0.253. The van der Waals surface area contributed by atoms with Crippen LogP contribution in [0, 0.1) is 23.4 Å². The van der Waals surface area contributed by atoms with Crippen molar-refractivity contribution in [3.8, 4) is 11.6 Å². The fourth-order valence-electron chi connectivity index (χ4n) is 2.99. The predicted molar refractivity (Wildman–Crippen MR) is 105 cm³/mol. The van der Waals surface area contributed by atoms with Gasteiger partial charge >= 0.3 is 6.18 Å². The molecule has 0 spiro atoms. The Labute approximate surface area is 186 Å². The average molecular weight is 483 g/mol. The molecule has 2 aromatic heterocycles. The fraction of sp³-hybridized carbons (Fsp3) is 0.143. The normalized spacial score (nSPS) is 11.6. The number of halogens is 7. The standard InChI is InChI=1S/C21H12F7N5O/c22-12-5-6-13(23)16-14(12)18(31-9-30-16)29-8-7-10-1-3-11(4-2-10)34-19-15(24)17(25)32-20(33-19)21(26,27)28/h1-6,9H,7-8H2,(H,29,30,31). The first-order valence-electron chi connectivity index (χ1n) is 9.53. The second kappa shape index (κ2) is 9.08. The monoisotopic (exact) mass is 483 g/mol. The van der Waals surface area contributed by atoms with Gasteiger partial charge in [-0.25, -0.2) is 18.7 Å². The summed E-state index contributed by atoms with van der Waals surface area (Å²) in [5, 5.41) is 2.80. The zero-order valence-corrected chi connectivity index (χ0v) is 16.8. The number of ether oxygens (including phenoxy) is 1. The number of hydrogen-bond donors (Lipinski definition) is 1. The Morgan fingerprint density at radius 1 is 0.853 bits per heavy atom. The molecule has 0 aliphatic heterocycles. The van der Waals surface area contributed by atoms with Gasteiger partial charge in [-0.3, -0.25) is 0 Å². The van der Waals surface area contributed by atoms with E-state index in [1.165, 1.54) is 24.3 Å². The lowest BCUT2D eigenvalue weighted by Crippen LogP contribution is -2.14. The van der Waals surface area contributed by atoms with Gasteiger partial charge in [-0.05, 0) is 36.2 Å². The van der Waals surface area contributed by atoms with Crippen LogP contribution in [-0.4, -0.2) is 26.5 Å². The molecular formula is C21H12F7N5O. The van der Waals surface area contributed by atoms with Gasteiger partial charge in [0.1, 0.15) is 35.0 Å². The summed E-state index contributed by atoms with van der Waals surface area (Å²) in [5.74, 6) is -8.22. The quantitative estimate of drug-likeness (QED) is 0.291. The summed E-state index contributed by atoms with van der Waals surface area (Å²) in [6.07, 6.45) is -3.62. The molecule has 0 unspecified atom stereocenters. The van der Waals surface area contributed by atoms with Crippen LogP contribution >= 0.6 is 0 Å². The van der Waals surface area contributed by atoms with Crippen molar-refractivity contribution in [3.05, 3.63) is 77.5 Å². The van der Waals surface area contributed by atoms with Crippen LogP contribution < -0.4 is 10.1 Å². The molecule has 0 saturated carbocycles. The number of aromatic nitrogens is 4. The van der Waals surface area contributed by atoms with Gasteiger partial charge in [0.2, 0.25) is 11.6 Å². The maximum atomic E-state index is 14.1. The van der Waals surface area contributed by atoms with E-state index in [9.17, 15) is 30.7 Å². The SMILES string of the molecule is Fc1nc(C(F)(F)F)nc(Oc2ccc(CCNc3ncnc4c(F)ccc(F)c34)cc2)c1F. The molecule has 34 heavy (non-hydrogen) atoms. The Kier molecular flexibility index (Phi) is 6.18. The van der Waals surface area contributed by atoms with Crippen molar-refractivity contribution >= 4 is 16.7 Å². The number of nitrogens with one attached hydrogen (secondary N) is 1. The first kappa shape index (κ1) is 23.1. The molecule has 0 radical (unpaired) electrons. The topological polar surface area (TPSA) is 72.8 Å². The van der Waals surface area contributed by atoms with Crippen LogP contribution in [0.4, 0.5) is 36.6 Å². The van der Waals surface area contributed by atoms with Crippen LogP contribution in [0.2, 0.25) is 0 Å². The van der Waals surface area contributed by atoms with E-state index in [-0.39, 0.29) is 29.0 Å². The molecule has 4 rings (SSSR count). The first-order chi connectivity index (χ1) is 16.1. The van der Waals surface area contributed by atoms with Crippen LogP contribution in [0.1, 0.15) is 11.4 Å². The van der Waals surface area contributed by atoms with Crippen molar-refractivity contribution in [3.63, 3.8) is 0 Å². The van der Waals surface area contributed by atoms with E-state index in [0.29, 0.717) is 12.0 Å². The van der Waals surface area contributed by atoms with Crippen molar-refractivity contribution in [2.75, 3.05) is 11.9 Å². The summed E-state index contributed by atoms with van der Waals surface area (Å²) in [6, 6.07) is 7.61. The zero-order chi connectivity index (χ0) is 24.5. The van der Waals surface area contributed by atoms with Gasteiger partial charge in [-0.1, -0.05) is 12.1 Å². The Hall–Kier alpha value is -4.03. The van der Waals surface area contributed by atoms with E-state index in [1.807, 2.05) is 0 Å². The van der Waals surface area contributed by atoms with E-state index in [0.717, 1.165) is 18.5 Å². The molecule has 0 atom stereocenters. The lowest BCUT2D eigenvalue weighted by Gasteiger charge is -2.11. The molecular weight excluding hydrogens is 471 g/mol. The number of alkyl halides is 3. The summed E-state index contributed by atoms with van der Waals surface area (Å²) in [5.41, 5.74) is 0.538. The molecule has 1 N–H and O–H groups in total. The molecule has 176 valence electrons. The van der Waals surface area contributed by atoms with Gasteiger partial charge in [0.15, 0.2) is 0 Å². The molecule has 0 fully saturated rings. The molecule has 0 aliphatic rings. The lowest BCUT2D eigenvalue weighted by atomic mass is 10.1. The molecule has 0 aliphatic carbocycles. The van der Waals surface area contributed by atoms with Gasteiger partial charge in [0.25, 0.3) is 11.8 Å². The van der Waals surface area contributed by atoms with Gasteiger partial charge < -0.3 is 10.1 Å². The maximum Gasteiger partial charge on any atom is 0.451 e. The maximum absolute atomic E-state index is 14.1. The van der Waals surface area contributed by atoms with E-state index in [1.54, 1.807) is 0 Å². The van der Waals surface area contributed by atoms with Crippen LogP contribution in [-0.2, 0) is 12.6 Å². The minimum absolute atomic E-state index is 0.0939. The van der Waals surface area contributed by atoms with Crippen LogP contribution in [0.5, 0.6) is 11.6 Å². The molecule has 2 aromatic carbocycles. The van der Waals surface area contributed by atoms with Gasteiger partial charge in [0.05, 0.1) is 5.39 Å². The number of rotatable bonds is 6. The summed E-state index contributed by atoms with van der Waals surface area (Å²) < 4.78 is 98.2. The van der Waals surface area contributed by atoms with Gasteiger partial charge in [-0.15, -0.1) is 0 Å². The highest BCUT2D eigenvalue weighted by Gasteiger charge is 2.37. The van der Waals surface area contributed by atoms with E-state index >= 15 is 0 Å². The number of fused-ring (bicyclic) bond motifs is 1. The van der Waals surface area contributed by atoms with Crippen molar-refractivity contribution in [1.82, 2.24) is 19.9 Å².